The molecule has 1 fully saturated rings. The molecule has 2 N–H and O–H groups in total. The molecule has 0 spiro atoms. The predicted molar refractivity (Wildman–Crippen MR) is 79.5 cm³/mol. The molecule has 0 aromatic heterocycles. The van der Waals surface area contributed by atoms with E-state index in [0.717, 1.165) is 11.4 Å². The third-order valence-corrected chi connectivity index (χ3v) is 4.30. The largest absolute Gasteiger partial charge is 0.364 e. The Kier molecular flexibility index (Phi) is 4.52. The van der Waals surface area contributed by atoms with E-state index in [1.807, 2.05) is 12.1 Å². The minimum atomic E-state index is 0.575. The van der Waals surface area contributed by atoms with Gasteiger partial charge in [-0.25, -0.2) is 0 Å². The molecule has 1 aliphatic heterocycles. The third-order valence-electron chi connectivity index (χ3n) is 4.00. The zero-order valence-corrected chi connectivity index (χ0v) is 12.1. The van der Waals surface area contributed by atoms with Crippen LogP contribution in [0.25, 0.3) is 0 Å². The molecule has 1 aliphatic rings. The van der Waals surface area contributed by atoms with E-state index in [1.165, 1.54) is 30.5 Å². The lowest BCUT2D eigenvalue weighted by Gasteiger charge is -2.33. The van der Waals surface area contributed by atoms with E-state index >= 15 is 0 Å². The second-order valence-electron chi connectivity index (χ2n) is 5.18. The van der Waals surface area contributed by atoms with E-state index in [-0.39, 0.29) is 0 Å². The number of hydrogen-bond donors (Lipinski definition) is 1. The lowest BCUT2D eigenvalue weighted by atomic mass is 10.1. The molecule has 2 atom stereocenters. The molecule has 0 aliphatic carbocycles. The Balaban J connectivity index is 2.41. The van der Waals surface area contributed by atoms with Gasteiger partial charge >= 0.3 is 0 Å². The molecular weight excluding hydrogens is 244 g/mol. The van der Waals surface area contributed by atoms with E-state index in [1.54, 1.807) is 0 Å². The highest BCUT2D eigenvalue weighted by Crippen LogP contribution is 2.38. The van der Waals surface area contributed by atoms with Crippen LogP contribution in [-0.2, 0) is 6.42 Å². The summed E-state index contributed by atoms with van der Waals surface area (Å²) in [5.74, 6) is 0. The highest BCUT2D eigenvalue weighted by molar-refractivity contribution is 6.33. The Hall–Kier alpha value is -0.730. The first-order chi connectivity index (χ1) is 8.69. The fourth-order valence-corrected chi connectivity index (χ4v) is 3.37. The van der Waals surface area contributed by atoms with Crippen molar-refractivity contribution in [3.05, 3.63) is 28.8 Å². The topological polar surface area (TPSA) is 29.3 Å². The number of para-hydroxylation sites is 1. The van der Waals surface area contributed by atoms with Crippen LogP contribution >= 0.6 is 11.6 Å². The monoisotopic (exact) mass is 266 g/mol. The van der Waals surface area contributed by atoms with Crippen LogP contribution in [0, 0.1) is 0 Å². The number of nitrogens with zero attached hydrogens (tertiary/aromatic N) is 1. The summed E-state index contributed by atoms with van der Waals surface area (Å²) in [4.78, 5) is 2.52. The van der Waals surface area contributed by atoms with Crippen LogP contribution in [0.4, 0.5) is 5.69 Å². The second-order valence-corrected chi connectivity index (χ2v) is 5.59. The van der Waals surface area contributed by atoms with Gasteiger partial charge < -0.3 is 10.6 Å². The quantitative estimate of drug-likeness (QED) is 0.902. The maximum atomic E-state index is 6.45. The lowest BCUT2D eigenvalue weighted by molar-refractivity contribution is 0.625. The molecule has 1 aromatic rings. The first-order valence-corrected chi connectivity index (χ1v) is 7.32. The van der Waals surface area contributed by atoms with E-state index in [2.05, 4.69) is 24.8 Å². The van der Waals surface area contributed by atoms with Crippen molar-refractivity contribution in [2.24, 2.45) is 5.73 Å². The minimum absolute atomic E-state index is 0.575. The van der Waals surface area contributed by atoms with Crippen molar-refractivity contribution >= 4 is 17.3 Å². The van der Waals surface area contributed by atoms with Gasteiger partial charge in [0.15, 0.2) is 0 Å². The molecular formula is C15H23ClN2. The SMILES string of the molecule is CCC1CCC(C)N1c1c(Cl)cccc1CCN. The van der Waals surface area contributed by atoms with Crippen LogP contribution in [0.2, 0.25) is 5.02 Å². The normalized spacial score (nSPS) is 23.7. The fourth-order valence-electron chi connectivity index (χ4n) is 3.08. The Morgan fingerprint density at radius 1 is 1.39 bits per heavy atom. The molecule has 2 nitrogen and oxygen atoms in total. The Morgan fingerprint density at radius 2 is 2.17 bits per heavy atom. The number of benzene rings is 1. The highest BCUT2D eigenvalue weighted by Gasteiger charge is 2.31. The van der Waals surface area contributed by atoms with Crippen LogP contribution in [0.15, 0.2) is 18.2 Å². The van der Waals surface area contributed by atoms with Crippen molar-refractivity contribution in [3.63, 3.8) is 0 Å². The summed E-state index contributed by atoms with van der Waals surface area (Å²) in [5, 5.41) is 0.869. The van der Waals surface area contributed by atoms with Gasteiger partial charge in [0, 0.05) is 12.1 Å². The molecule has 100 valence electrons. The van der Waals surface area contributed by atoms with Crippen LogP contribution in [0.1, 0.15) is 38.7 Å². The molecule has 0 saturated carbocycles. The van der Waals surface area contributed by atoms with E-state index in [4.69, 9.17) is 17.3 Å². The minimum Gasteiger partial charge on any atom is -0.364 e. The first kappa shape index (κ1) is 13.7. The van der Waals surface area contributed by atoms with Gasteiger partial charge in [-0.1, -0.05) is 30.7 Å². The summed E-state index contributed by atoms with van der Waals surface area (Å²) >= 11 is 6.45. The molecule has 1 heterocycles. The van der Waals surface area contributed by atoms with Crippen molar-refractivity contribution in [1.29, 1.82) is 0 Å². The summed E-state index contributed by atoms with van der Waals surface area (Å²) in [6.45, 7) is 5.23. The van der Waals surface area contributed by atoms with Crippen LogP contribution in [0.3, 0.4) is 0 Å². The molecule has 0 bridgehead atoms. The number of rotatable bonds is 4. The molecule has 1 saturated heterocycles. The van der Waals surface area contributed by atoms with Crippen LogP contribution < -0.4 is 10.6 Å². The van der Waals surface area contributed by atoms with Gasteiger partial charge in [0.25, 0.3) is 0 Å². The van der Waals surface area contributed by atoms with Crippen LogP contribution in [-0.4, -0.2) is 18.6 Å². The summed E-state index contributed by atoms with van der Waals surface area (Å²) in [5.41, 5.74) is 8.23. The van der Waals surface area contributed by atoms with Gasteiger partial charge in [0.1, 0.15) is 0 Å². The van der Waals surface area contributed by atoms with Gasteiger partial charge in [-0.15, -0.1) is 0 Å². The Morgan fingerprint density at radius 3 is 2.83 bits per heavy atom. The van der Waals surface area contributed by atoms with E-state index in [9.17, 15) is 0 Å². The smallest absolute Gasteiger partial charge is 0.0642 e. The van der Waals surface area contributed by atoms with E-state index in [0.29, 0.717) is 18.6 Å². The van der Waals surface area contributed by atoms with Gasteiger partial charge in [0.2, 0.25) is 0 Å². The molecule has 0 amide bonds. The number of anilines is 1. The first-order valence-electron chi connectivity index (χ1n) is 6.94. The number of halogens is 1. The summed E-state index contributed by atoms with van der Waals surface area (Å²) in [6.07, 6.45) is 4.60. The summed E-state index contributed by atoms with van der Waals surface area (Å²) in [7, 11) is 0. The third kappa shape index (κ3) is 2.50. The van der Waals surface area contributed by atoms with Gasteiger partial charge in [0.05, 0.1) is 10.7 Å². The van der Waals surface area contributed by atoms with Gasteiger partial charge in [-0.3, -0.25) is 0 Å². The molecule has 1 aromatic carbocycles. The number of nitrogens with two attached hydrogens (primary N) is 1. The van der Waals surface area contributed by atoms with Crippen molar-refractivity contribution in [3.8, 4) is 0 Å². The summed E-state index contributed by atoms with van der Waals surface area (Å²) in [6, 6.07) is 7.38. The predicted octanol–water partition coefficient (Wildman–Crippen LogP) is 3.61. The average molecular weight is 267 g/mol. The van der Waals surface area contributed by atoms with Crippen molar-refractivity contribution in [1.82, 2.24) is 0 Å². The van der Waals surface area contributed by atoms with Gasteiger partial charge in [-0.2, -0.15) is 0 Å². The highest BCUT2D eigenvalue weighted by atomic mass is 35.5. The zero-order valence-electron chi connectivity index (χ0n) is 11.3. The average Bonchev–Trinajstić information content (AvgIpc) is 2.71. The number of hydrogen-bond acceptors (Lipinski definition) is 2. The van der Waals surface area contributed by atoms with Crippen molar-refractivity contribution in [2.45, 2.75) is 51.6 Å². The maximum Gasteiger partial charge on any atom is 0.0642 e. The van der Waals surface area contributed by atoms with Crippen molar-refractivity contribution < 1.29 is 0 Å². The Bertz CT molecular complexity index is 405. The van der Waals surface area contributed by atoms with Crippen LogP contribution in [0.5, 0.6) is 0 Å². The zero-order chi connectivity index (χ0) is 13.1. The molecule has 2 unspecified atom stereocenters. The second kappa shape index (κ2) is 5.94. The molecule has 18 heavy (non-hydrogen) atoms. The lowest BCUT2D eigenvalue weighted by Crippen LogP contribution is -2.35. The maximum absolute atomic E-state index is 6.45. The van der Waals surface area contributed by atoms with Gasteiger partial charge in [-0.05, 0) is 50.8 Å². The summed E-state index contributed by atoms with van der Waals surface area (Å²) < 4.78 is 0. The molecule has 0 radical (unpaired) electrons. The van der Waals surface area contributed by atoms with Crippen molar-refractivity contribution in [2.75, 3.05) is 11.4 Å². The fraction of sp³-hybridized carbons (Fsp3) is 0.600. The van der Waals surface area contributed by atoms with E-state index < -0.39 is 0 Å². The Labute approximate surface area is 115 Å². The molecule has 3 heteroatoms. The molecule has 2 rings (SSSR count). The standard InChI is InChI=1S/C15H23ClN2/c1-3-13-8-7-11(2)18(13)15-12(9-10-17)5-4-6-14(15)16/h4-6,11,13H,3,7-10,17H2,1-2H3.